The minimum Gasteiger partial charge on any atom is -0.398 e. The first-order chi connectivity index (χ1) is 37.9. The molecule has 368 valence electrons. The monoisotopic (exact) mass is 1030 g/mol. The van der Waals surface area contributed by atoms with Gasteiger partial charge in [-0.2, -0.15) is 0 Å². The van der Waals surface area contributed by atoms with Gasteiger partial charge in [-0.15, -0.1) is 11.3 Å². The van der Waals surface area contributed by atoms with Gasteiger partial charge >= 0.3 is 0 Å². The van der Waals surface area contributed by atoms with Gasteiger partial charge < -0.3 is 5.73 Å². The van der Waals surface area contributed by atoms with Crippen LogP contribution in [0.4, 0.5) is 0 Å². The molecular weight excluding hydrogens is 978 g/mol. The lowest BCUT2D eigenvalue weighted by Gasteiger charge is -2.23. The van der Waals surface area contributed by atoms with E-state index in [0.29, 0.717) is 18.1 Å². The Morgan fingerprint density at radius 3 is 2.03 bits per heavy atom. The van der Waals surface area contributed by atoms with Crippen LogP contribution in [-0.4, -0.2) is 25.7 Å². The Balaban J connectivity index is 1.04. The summed E-state index contributed by atoms with van der Waals surface area (Å²) in [5, 5.41) is 10.6. The summed E-state index contributed by atoms with van der Waals surface area (Å²) in [5.74, 6) is 0.617. The molecule has 1 unspecified atom stereocenters. The molecule has 3 heterocycles. The van der Waals surface area contributed by atoms with E-state index in [1.54, 1.807) is 0 Å². The number of fused-ring (bicyclic) bond motifs is 12. The molecule has 1 aliphatic carbocycles. The van der Waals surface area contributed by atoms with Gasteiger partial charge in [0.15, 0.2) is 0 Å². The third kappa shape index (κ3) is 7.94. The summed E-state index contributed by atoms with van der Waals surface area (Å²) in [6.07, 6.45) is 7.02. The Morgan fingerprint density at radius 2 is 1.19 bits per heavy atom. The third-order valence-corrected chi connectivity index (χ3v) is 16.6. The summed E-state index contributed by atoms with van der Waals surface area (Å²) in [5.41, 5.74) is 21.6. The van der Waals surface area contributed by atoms with Crippen LogP contribution < -0.4 is 5.73 Å². The number of halogens is 1. The molecule has 14 rings (SSSR count). The van der Waals surface area contributed by atoms with Crippen LogP contribution in [0, 0.1) is 0 Å². The van der Waals surface area contributed by atoms with E-state index >= 15 is 0 Å². The Kier molecular flexibility index (Phi) is 11.5. The second kappa shape index (κ2) is 19.0. The summed E-state index contributed by atoms with van der Waals surface area (Å²) in [7, 11) is 0. The maximum absolute atomic E-state index is 7.01. The zero-order valence-electron chi connectivity index (χ0n) is 42.5. The molecule has 1 aliphatic rings. The Labute approximate surface area is 455 Å². The lowest BCUT2D eigenvalue weighted by molar-refractivity contribution is 0.773. The summed E-state index contributed by atoms with van der Waals surface area (Å²) in [6.45, 7) is 4.24. The number of thiophene rings is 1. The summed E-state index contributed by atoms with van der Waals surface area (Å²) in [6, 6.07) is 76.1. The van der Waals surface area contributed by atoms with E-state index in [2.05, 4.69) is 212 Å². The predicted molar refractivity (Wildman–Crippen MR) is 329 cm³/mol. The Morgan fingerprint density at radius 1 is 0.558 bits per heavy atom. The number of para-hydroxylation sites is 2. The molecule has 5 nitrogen and oxygen atoms in total. The Bertz CT molecular complexity index is 4660. The molecule has 0 fully saturated rings. The van der Waals surface area contributed by atoms with Gasteiger partial charge in [0, 0.05) is 64.1 Å². The van der Waals surface area contributed by atoms with Crippen LogP contribution >= 0.6 is 22.9 Å². The molecule has 0 amide bonds. The van der Waals surface area contributed by atoms with Gasteiger partial charge in [0.25, 0.3) is 0 Å². The fraction of sp³-hybridized carbons (Fsp3) is 0.0714. The minimum absolute atomic E-state index is 0.00846. The third-order valence-electron chi connectivity index (χ3n) is 15.4. The molecule has 3 aromatic heterocycles. The van der Waals surface area contributed by atoms with Crippen molar-refractivity contribution < 1.29 is 0 Å². The summed E-state index contributed by atoms with van der Waals surface area (Å²) in [4.78, 5) is 16.4. The number of hydrogen-bond acceptors (Lipinski definition) is 5. The first-order valence-electron chi connectivity index (χ1n) is 26.3. The van der Waals surface area contributed by atoms with Crippen LogP contribution in [-0.2, 0) is 0 Å². The average molecular weight is 1030 g/mol. The lowest BCUT2D eigenvalue weighted by atomic mass is 9.83. The van der Waals surface area contributed by atoms with E-state index in [0.717, 1.165) is 88.5 Å². The molecule has 0 saturated carbocycles. The quantitative estimate of drug-likeness (QED) is 0.0890. The molecule has 2 N–H and O–H groups in total. The van der Waals surface area contributed by atoms with Gasteiger partial charge in [-0.25, -0.2) is 9.97 Å². The number of nitrogens with zero attached hydrogens (tertiary/aromatic N) is 4. The highest BCUT2D eigenvalue weighted by Crippen LogP contribution is 2.48. The van der Waals surface area contributed by atoms with Crippen molar-refractivity contribution in [2.24, 2.45) is 10.7 Å². The molecule has 2 atom stereocenters. The SMILES string of the molecule is CC(Cl)/N=C1/C(C[C@@H](C)c2cccc3c4ccccc4c4c5cccc(-c6cccc(-c7ccc8c(c7)sc7ccccc78)c6)c5n(-c5nc(-c6ccccc6)c6ccccc6n5)c4c23)=CC=C/C1=C(/N)c1ccccc1. The normalized spacial score (nSPS) is 14.9. The van der Waals surface area contributed by atoms with Crippen LogP contribution in [0.3, 0.4) is 0 Å². The molecular formula is C70H50ClN5S. The highest BCUT2D eigenvalue weighted by molar-refractivity contribution is 7.25. The Hall–Kier alpha value is -8.94. The van der Waals surface area contributed by atoms with Crippen LogP contribution in [0.15, 0.2) is 247 Å². The van der Waals surface area contributed by atoms with Crippen molar-refractivity contribution in [1.82, 2.24) is 14.5 Å². The predicted octanol–water partition coefficient (Wildman–Crippen LogP) is 18.8. The van der Waals surface area contributed by atoms with Crippen molar-refractivity contribution in [3.63, 3.8) is 0 Å². The van der Waals surface area contributed by atoms with Crippen molar-refractivity contribution in [3.8, 4) is 39.5 Å². The summed E-state index contributed by atoms with van der Waals surface area (Å²) < 4.78 is 4.98. The minimum atomic E-state index is -0.462. The first-order valence-corrected chi connectivity index (χ1v) is 27.5. The van der Waals surface area contributed by atoms with E-state index in [1.165, 1.54) is 47.5 Å². The highest BCUT2D eigenvalue weighted by Gasteiger charge is 2.28. The molecule has 0 saturated heterocycles. The molecule has 0 bridgehead atoms. The second-order valence-corrected chi connectivity index (χ2v) is 21.8. The lowest BCUT2D eigenvalue weighted by Crippen LogP contribution is -2.17. The van der Waals surface area contributed by atoms with Gasteiger partial charge in [0.05, 0.1) is 28.0 Å². The number of benzene rings is 10. The molecule has 0 spiro atoms. The molecule has 77 heavy (non-hydrogen) atoms. The maximum atomic E-state index is 7.01. The highest BCUT2D eigenvalue weighted by atomic mass is 35.5. The van der Waals surface area contributed by atoms with Crippen molar-refractivity contribution >= 4 is 109 Å². The van der Waals surface area contributed by atoms with E-state index in [9.17, 15) is 0 Å². The first kappa shape index (κ1) is 46.6. The number of aliphatic imine (C=N–C) groups is 1. The number of hydrogen-bond donors (Lipinski definition) is 1. The molecule has 13 aromatic rings. The molecule has 10 aromatic carbocycles. The smallest absolute Gasteiger partial charge is 0.235 e. The van der Waals surface area contributed by atoms with Gasteiger partial charge in [-0.05, 0) is 93.1 Å². The molecule has 0 radical (unpaired) electrons. The fourth-order valence-corrected chi connectivity index (χ4v) is 13.2. The number of allylic oxidation sites excluding steroid dienone is 5. The van der Waals surface area contributed by atoms with E-state index in [-0.39, 0.29) is 5.92 Å². The van der Waals surface area contributed by atoms with Crippen LogP contribution in [0.25, 0.3) is 120 Å². The average Bonchev–Trinajstić information content (AvgIpc) is 4.27. The van der Waals surface area contributed by atoms with Gasteiger partial charge in [-0.3, -0.25) is 9.56 Å². The number of nitrogens with two attached hydrogens (primary N) is 1. The standard InChI is InChI=1S/C70H50ClN5S/c1-42(39-49-25-16-34-59(67(49)73-43(2)71)65(72)44-19-5-3-6-20-44)50-30-17-32-56-52-26-9-10-28-55(52)64-58-33-18-31-51(48-24-15-23-46(40-48)47-37-38-54-53-27-12-14-36-61(53)77-62(54)41-47)68(58)76(69(64)63(50)56)70-74-60-35-13-11-29-57(60)66(75-70)45-21-7-4-8-22-45/h3-38,40-43H,39,72H2,1-2H3/b65-59-,73-67-/t42-,43?/m1/s1. The topological polar surface area (TPSA) is 69.1 Å². The van der Waals surface area contributed by atoms with Crippen molar-refractivity contribution in [3.05, 3.63) is 253 Å². The maximum Gasteiger partial charge on any atom is 0.235 e. The number of rotatable bonds is 9. The van der Waals surface area contributed by atoms with Gasteiger partial charge in [0.1, 0.15) is 5.50 Å². The number of aromatic nitrogens is 3. The van der Waals surface area contributed by atoms with Crippen LogP contribution in [0.1, 0.15) is 37.3 Å². The van der Waals surface area contributed by atoms with Crippen LogP contribution in [0.2, 0.25) is 0 Å². The van der Waals surface area contributed by atoms with Crippen molar-refractivity contribution in [2.75, 3.05) is 0 Å². The zero-order chi connectivity index (χ0) is 51.7. The van der Waals surface area contributed by atoms with E-state index < -0.39 is 5.50 Å². The summed E-state index contributed by atoms with van der Waals surface area (Å²) >= 11 is 8.61. The van der Waals surface area contributed by atoms with E-state index in [4.69, 9.17) is 32.3 Å². The van der Waals surface area contributed by atoms with Crippen LogP contribution in [0.5, 0.6) is 0 Å². The second-order valence-electron chi connectivity index (χ2n) is 20.1. The van der Waals surface area contributed by atoms with Crippen molar-refractivity contribution in [1.29, 1.82) is 0 Å². The van der Waals surface area contributed by atoms with Gasteiger partial charge in [-0.1, -0.05) is 225 Å². The van der Waals surface area contributed by atoms with Crippen molar-refractivity contribution in [2.45, 2.75) is 31.7 Å². The molecule has 7 heteroatoms. The van der Waals surface area contributed by atoms with E-state index in [1.807, 2.05) is 48.6 Å². The fourth-order valence-electron chi connectivity index (χ4n) is 12.0. The molecule has 0 aliphatic heterocycles. The largest absolute Gasteiger partial charge is 0.398 e. The van der Waals surface area contributed by atoms with Gasteiger partial charge in [0.2, 0.25) is 5.95 Å². The number of alkyl halides is 1. The zero-order valence-corrected chi connectivity index (χ0v) is 44.0.